The fraction of sp³-hybridized carbons (Fsp3) is 0.231. The zero-order valence-electron chi connectivity index (χ0n) is 9.89. The van der Waals surface area contributed by atoms with Crippen molar-refractivity contribution in [2.75, 3.05) is 11.9 Å². The first-order valence-electron chi connectivity index (χ1n) is 5.51. The van der Waals surface area contributed by atoms with Crippen LogP contribution in [0.1, 0.15) is 12.5 Å². The van der Waals surface area contributed by atoms with Gasteiger partial charge in [0.25, 0.3) is 0 Å². The molecule has 2 rings (SSSR count). The summed E-state index contributed by atoms with van der Waals surface area (Å²) < 4.78 is 13.0. The molecule has 0 aliphatic rings. The van der Waals surface area contributed by atoms with Gasteiger partial charge in [-0.25, -0.2) is 9.97 Å². The average molecular weight is 231 g/mol. The van der Waals surface area contributed by atoms with Gasteiger partial charge < -0.3 is 4.90 Å². The first-order chi connectivity index (χ1) is 8.20. The smallest absolute Gasteiger partial charge is 0.218 e. The summed E-state index contributed by atoms with van der Waals surface area (Å²) in [5, 5.41) is 0. The summed E-state index contributed by atoms with van der Waals surface area (Å²) in [6, 6.07) is 9.43. The third-order valence-electron chi connectivity index (χ3n) is 2.69. The van der Waals surface area contributed by atoms with Crippen molar-refractivity contribution in [3.63, 3.8) is 0 Å². The number of nitrogens with zero attached hydrogens (tertiary/aromatic N) is 3. The monoisotopic (exact) mass is 231 g/mol. The maximum atomic E-state index is 13.0. The number of aromatic nitrogens is 2. The second-order valence-corrected chi connectivity index (χ2v) is 3.78. The van der Waals surface area contributed by atoms with Crippen LogP contribution in [-0.2, 0) is 6.42 Å². The molecule has 1 aromatic carbocycles. The maximum absolute atomic E-state index is 13.0. The Kier molecular flexibility index (Phi) is 3.32. The number of halogens is 1. The fourth-order valence-corrected chi connectivity index (χ4v) is 1.60. The van der Waals surface area contributed by atoms with E-state index in [1.54, 1.807) is 0 Å². The number of anilines is 2. The van der Waals surface area contributed by atoms with E-state index in [9.17, 15) is 4.39 Å². The minimum Gasteiger partial charge on any atom is -0.329 e. The van der Waals surface area contributed by atoms with Crippen molar-refractivity contribution in [3.8, 4) is 0 Å². The molecule has 0 saturated heterocycles. The van der Waals surface area contributed by atoms with Gasteiger partial charge in [0.15, 0.2) is 0 Å². The quantitative estimate of drug-likeness (QED) is 0.760. The van der Waals surface area contributed by atoms with E-state index >= 15 is 0 Å². The third-order valence-corrected chi connectivity index (χ3v) is 2.69. The molecule has 0 N–H and O–H groups in total. The lowest BCUT2D eigenvalue weighted by Gasteiger charge is -2.18. The van der Waals surface area contributed by atoms with E-state index in [-0.39, 0.29) is 0 Å². The summed E-state index contributed by atoms with van der Waals surface area (Å²) in [6.07, 6.45) is 2.23. The molecule has 0 bridgehead atoms. The van der Waals surface area contributed by atoms with Crippen molar-refractivity contribution in [1.29, 1.82) is 0 Å². The summed E-state index contributed by atoms with van der Waals surface area (Å²) in [7, 11) is 1.85. The maximum Gasteiger partial charge on any atom is 0.218 e. The Hall–Kier alpha value is -1.97. The molecule has 0 unspecified atom stereocenters. The summed E-state index contributed by atoms with van der Waals surface area (Å²) in [5.41, 5.74) is 2.25. The standard InChI is InChI=1S/C13H14FN3/c1-3-10-4-6-11(7-5-10)17(2)13-8-12(14)15-9-16-13/h4-9H,3H2,1-2H3. The molecule has 0 atom stereocenters. The Morgan fingerprint density at radius 3 is 2.47 bits per heavy atom. The van der Waals surface area contributed by atoms with E-state index in [1.807, 2.05) is 24.1 Å². The van der Waals surface area contributed by atoms with Crippen LogP contribution in [0.15, 0.2) is 36.7 Å². The normalized spacial score (nSPS) is 10.3. The van der Waals surface area contributed by atoms with Crippen LogP contribution in [0.2, 0.25) is 0 Å². The highest BCUT2D eigenvalue weighted by Crippen LogP contribution is 2.21. The van der Waals surface area contributed by atoms with Gasteiger partial charge in [0.2, 0.25) is 5.95 Å². The van der Waals surface area contributed by atoms with Crippen molar-refractivity contribution in [2.45, 2.75) is 13.3 Å². The molecular weight excluding hydrogens is 217 g/mol. The minimum absolute atomic E-state index is 0.521. The number of rotatable bonds is 3. The van der Waals surface area contributed by atoms with E-state index in [0.717, 1.165) is 12.1 Å². The molecular formula is C13H14FN3. The lowest BCUT2D eigenvalue weighted by atomic mass is 10.1. The van der Waals surface area contributed by atoms with Crippen molar-refractivity contribution in [2.24, 2.45) is 0 Å². The Bertz CT molecular complexity index is 496. The van der Waals surface area contributed by atoms with E-state index in [4.69, 9.17) is 0 Å². The van der Waals surface area contributed by atoms with Crippen LogP contribution in [0.3, 0.4) is 0 Å². The predicted molar refractivity (Wildman–Crippen MR) is 65.9 cm³/mol. The molecule has 0 spiro atoms. The van der Waals surface area contributed by atoms with Crippen LogP contribution in [0.5, 0.6) is 0 Å². The Labute approximate surface area is 99.9 Å². The topological polar surface area (TPSA) is 29.0 Å². The zero-order valence-corrected chi connectivity index (χ0v) is 9.89. The Morgan fingerprint density at radius 2 is 1.88 bits per heavy atom. The molecule has 0 saturated carbocycles. The minimum atomic E-state index is -0.521. The molecule has 0 radical (unpaired) electrons. The molecule has 0 amide bonds. The van der Waals surface area contributed by atoms with Crippen LogP contribution >= 0.6 is 0 Å². The summed E-state index contributed by atoms with van der Waals surface area (Å²) >= 11 is 0. The second-order valence-electron chi connectivity index (χ2n) is 3.78. The first kappa shape index (κ1) is 11.5. The molecule has 0 fully saturated rings. The van der Waals surface area contributed by atoms with Crippen LogP contribution in [0.25, 0.3) is 0 Å². The molecule has 4 heteroatoms. The van der Waals surface area contributed by atoms with E-state index in [2.05, 4.69) is 29.0 Å². The van der Waals surface area contributed by atoms with Gasteiger partial charge in [-0.15, -0.1) is 0 Å². The van der Waals surface area contributed by atoms with E-state index < -0.39 is 5.95 Å². The van der Waals surface area contributed by atoms with Gasteiger partial charge in [0.05, 0.1) is 0 Å². The number of hydrogen-bond acceptors (Lipinski definition) is 3. The van der Waals surface area contributed by atoms with E-state index in [1.165, 1.54) is 18.0 Å². The largest absolute Gasteiger partial charge is 0.329 e. The zero-order chi connectivity index (χ0) is 12.3. The van der Waals surface area contributed by atoms with E-state index in [0.29, 0.717) is 5.82 Å². The molecule has 1 heterocycles. The van der Waals surface area contributed by atoms with Gasteiger partial charge in [-0.2, -0.15) is 4.39 Å². The van der Waals surface area contributed by atoms with Crippen molar-refractivity contribution in [3.05, 3.63) is 48.2 Å². The van der Waals surface area contributed by atoms with Gasteiger partial charge in [0.1, 0.15) is 12.1 Å². The van der Waals surface area contributed by atoms with Gasteiger partial charge >= 0.3 is 0 Å². The van der Waals surface area contributed by atoms with Gasteiger partial charge in [-0.3, -0.25) is 0 Å². The Morgan fingerprint density at radius 1 is 1.18 bits per heavy atom. The highest BCUT2D eigenvalue weighted by molar-refractivity contribution is 5.58. The number of hydrogen-bond donors (Lipinski definition) is 0. The third kappa shape index (κ3) is 2.58. The van der Waals surface area contributed by atoms with Gasteiger partial charge in [-0.05, 0) is 24.1 Å². The molecule has 0 aliphatic heterocycles. The fourth-order valence-electron chi connectivity index (χ4n) is 1.60. The first-order valence-corrected chi connectivity index (χ1v) is 5.51. The lowest BCUT2D eigenvalue weighted by Crippen LogP contribution is -2.11. The average Bonchev–Trinajstić information content (AvgIpc) is 2.38. The summed E-state index contributed by atoms with van der Waals surface area (Å²) in [4.78, 5) is 9.30. The lowest BCUT2D eigenvalue weighted by molar-refractivity contribution is 0.579. The molecule has 3 nitrogen and oxygen atoms in total. The highest BCUT2D eigenvalue weighted by atomic mass is 19.1. The highest BCUT2D eigenvalue weighted by Gasteiger charge is 2.06. The second kappa shape index (κ2) is 4.91. The molecule has 1 aromatic heterocycles. The van der Waals surface area contributed by atoms with Crippen molar-refractivity contribution in [1.82, 2.24) is 9.97 Å². The van der Waals surface area contributed by atoms with Crippen LogP contribution in [-0.4, -0.2) is 17.0 Å². The summed E-state index contributed by atoms with van der Waals surface area (Å²) in [6.45, 7) is 2.11. The molecule has 88 valence electrons. The molecule has 2 aromatic rings. The van der Waals surface area contributed by atoms with Crippen molar-refractivity contribution < 1.29 is 4.39 Å². The molecule has 17 heavy (non-hydrogen) atoms. The van der Waals surface area contributed by atoms with Crippen molar-refractivity contribution >= 4 is 11.5 Å². The SMILES string of the molecule is CCc1ccc(N(C)c2cc(F)ncn2)cc1. The number of benzene rings is 1. The van der Waals surface area contributed by atoms with Crippen LogP contribution < -0.4 is 4.90 Å². The number of aryl methyl sites for hydroxylation is 1. The summed E-state index contributed by atoms with van der Waals surface area (Å²) in [5.74, 6) is 0.0220. The van der Waals surface area contributed by atoms with Crippen LogP contribution in [0.4, 0.5) is 15.9 Å². The predicted octanol–water partition coefficient (Wildman–Crippen LogP) is 2.95. The van der Waals surface area contributed by atoms with Gasteiger partial charge in [0, 0.05) is 18.8 Å². The van der Waals surface area contributed by atoms with Gasteiger partial charge in [-0.1, -0.05) is 19.1 Å². The van der Waals surface area contributed by atoms with Crippen LogP contribution in [0, 0.1) is 5.95 Å². The molecule has 0 aliphatic carbocycles. The Balaban J connectivity index is 2.27.